The zero-order valence-corrected chi connectivity index (χ0v) is 21.8. The predicted octanol–water partition coefficient (Wildman–Crippen LogP) is 5.84. The Morgan fingerprint density at radius 3 is 2.39 bits per heavy atom. The highest BCUT2D eigenvalue weighted by Gasteiger charge is 2.33. The summed E-state index contributed by atoms with van der Waals surface area (Å²) < 4.78 is 37.9. The maximum atomic E-state index is 12.6. The Hall–Kier alpha value is -3.64. The molecule has 2 aromatic heterocycles. The van der Waals surface area contributed by atoms with Crippen LogP contribution in [0.3, 0.4) is 0 Å². The minimum absolute atomic E-state index is 0.0706. The highest BCUT2D eigenvalue weighted by Crippen LogP contribution is 2.35. The third kappa shape index (κ3) is 8.45. The van der Waals surface area contributed by atoms with Crippen molar-refractivity contribution in [2.75, 3.05) is 29.5 Å². The minimum atomic E-state index is -4.51. The fourth-order valence-electron chi connectivity index (χ4n) is 3.50. The number of likely N-dealkylation sites (tertiary alicyclic amines) is 1. The van der Waals surface area contributed by atoms with Gasteiger partial charge in [0.25, 0.3) is 5.91 Å². The van der Waals surface area contributed by atoms with Crippen LogP contribution in [0.2, 0.25) is 5.02 Å². The molecule has 0 aliphatic carbocycles. The van der Waals surface area contributed by atoms with Gasteiger partial charge >= 0.3 is 6.18 Å². The Morgan fingerprint density at radius 1 is 1.13 bits per heavy atom. The molecule has 0 spiro atoms. The van der Waals surface area contributed by atoms with Crippen LogP contribution >= 0.6 is 22.9 Å². The topological polar surface area (TPSA) is 113 Å². The quantitative estimate of drug-likeness (QED) is 0.323. The molecule has 202 valence electrons. The summed E-state index contributed by atoms with van der Waals surface area (Å²) >= 11 is 6.71. The zero-order chi connectivity index (χ0) is 27.7. The van der Waals surface area contributed by atoms with Crippen molar-refractivity contribution in [1.82, 2.24) is 14.9 Å². The first-order valence-electron chi connectivity index (χ1n) is 11.6. The van der Waals surface area contributed by atoms with Gasteiger partial charge in [0, 0.05) is 41.6 Å². The molecule has 38 heavy (non-hydrogen) atoms. The number of carbonyl (C=O) groups excluding carboxylic acids is 2. The van der Waals surface area contributed by atoms with E-state index in [2.05, 4.69) is 27.2 Å². The first-order chi connectivity index (χ1) is 18.1. The van der Waals surface area contributed by atoms with E-state index < -0.39 is 16.8 Å². The average molecular weight is 567 g/mol. The molecule has 1 aromatic carbocycles. The number of amides is 2. The molecule has 0 atom stereocenters. The molecule has 13 heteroatoms. The molecule has 8 nitrogen and oxygen atoms in total. The Labute approximate surface area is 226 Å². The molecule has 4 rings (SSSR count). The molecule has 0 radical (unpaired) electrons. The third-order valence-corrected chi connectivity index (χ3v) is 6.53. The largest absolute Gasteiger partial charge is 0.418 e. The third-order valence-electron chi connectivity index (χ3n) is 5.40. The number of nitrogens with zero attached hydrogens (tertiary/aromatic N) is 3. The van der Waals surface area contributed by atoms with Crippen molar-refractivity contribution in [2.45, 2.75) is 32.0 Å². The maximum absolute atomic E-state index is 12.6. The maximum Gasteiger partial charge on any atom is 0.418 e. The number of nitrogens with one attached hydrogen (secondary N) is 2. The van der Waals surface area contributed by atoms with Crippen molar-refractivity contribution >= 4 is 51.4 Å². The summed E-state index contributed by atoms with van der Waals surface area (Å²) in [5, 5.41) is 5.38. The van der Waals surface area contributed by atoms with Crippen LogP contribution in [0.4, 0.5) is 29.8 Å². The van der Waals surface area contributed by atoms with Gasteiger partial charge in [-0.1, -0.05) is 18.2 Å². The number of alkyl halides is 3. The fourth-order valence-corrected chi connectivity index (χ4v) is 4.34. The van der Waals surface area contributed by atoms with Gasteiger partial charge in [-0.05, 0) is 55.7 Å². The van der Waals surface area contributed by atoms with E-state index in [1.807, 2.05) is 4.90 Å². The van der Waals surface area contributed by atoms with Crippen LogP contribution in [0, 0.1) is 0 Å². The van der Waals surface area contributed by atoms with Gasteiger partial charge in [-0.3, -0.25) is 9.59 Å². The van der Waals surface area contributed by atoms with Crippen LogP contribution in [0.5, 0.6) is 0 Å². The van der Waals surface area contributed by atoms with E-state index in [1.54, 1.807) is 30.5 Å². The normalized spacial score (nSPS) is 13.2. The van der Waals surface area contributed by atoms with E-state index in [4.69, 9.17) is 17.3 Å². The molecule has 3 aromatic rings. The SMILES string of the molecule is C=CC(=O)Nc1ccc(C(=O)N2CCCCC2)cc1.Nc1ncc(CNc2cc(C(F)(F)F)c(Cl)cn2)s1. The number of hydrogen-bond acceptors (Lipinski definition) is 7. The van der Waals surface area contributed by atoms with Crippen molar-refractivity contribution in [3.05, 3.63) is 76.4 Å². The highest BCUT2D eigenvalue weighted by atomic mass is 35.5. The number of nitrogen functional groups attached to an aromatic ring is 1. The molecule has 1 saturated heterocycles. The molecule has 4 N–H and O–H groups in total. The lowest BCUT2D eigenvalue weighted by Crippen LogP contribution is -2.35. The van der Waals surface area contributed by atoms with Crippen LogP contribution in [0.25, 0.3) is 0 Å². The van der Waals surface area contributed by atoms with E-state index in [9.17, 15) is 22.8 Å². The number of piperidine rings is 1. The van der Waals surface area contributed by atoms with Gasteiger partial charge in [0.1, 0.15) is 5.82 Å². The molecule has 1 aliphatic heterocycles. The van der Waals surface area contributed by atoms with Crippen LogP contribution in [-0.2, 0) is 17.5 Å². The first kappa shape index (κ1) is 28.9. The summed E-state index contributed by atoms with van der Waals surface area (Å²) in [5.41, 5.74) is 5.86. The molecule has 0 saturated carbocycles. The highest BCUT2D eigenvalue weighted by molar-refractivity contribution is 7.15. The number of thiazole rings is 1. The van der Waals surface area contributed by atoms with Gasteiger partial charge in [0.05, 0.1) is 17.1 Å². The van der Waals surface area contributed by atoms with E-state index in [0.717, 1.165) is 43.1 Å². The van der Waals surface area contributed by atoms with Gasteiger partial charge in [-0.25, -0.2) is 9.97 Å². The minimum Gasteiger partial charge on any atom is -0.375 e. The van der Waals surface area contributed by atoms with E-state index in [0.29, 0.717) is 22.9 Å². The second kappa shape index (κ2) is 13.2. The van der Waals surface area contributed by atoms with Crippen molar-refractivity contribution in [3.8, 4) is 0 Å². The number of hydrogen-bond donors (Lipinski definition) is 3. The van der Waals surface area contributed by atoms with Crippen LogP contribution < -0.4 is 16.4 Å². The molecule has 0 unspecified atom stereocenters. The molecule has 0 bridgehead atoms. The molecular weight excluding hydrogens is 541 g/mol. The Bertz CT molecular complexity index is 1260. The van der Waals surface area contributed by atoms with Crippen LogP contribution in [0.1, 0.15) is 40.1 Å². The van der Waals surface area contributed by atoms with Crippen molar-refractivity contribution < 1.29 is 22.8 Å². The number of aromatic nitrogens is 2. The van der Waals surface area contributed by atoms with Gasteiger partial charge in [0.2, 0.25) is 5.91 Å². The van der Waals surface area contributed by atoms with Crippen LogP contribution in [0.15, 0.2) is 55.4 Å². The van der Waals surface area contributed by atoms with Gasteiger partial charge in [-0.2, -0.15) is 13.2 Å². The lowest BCUT2D eigenvalue weighted by molar-refractivity contribution is -0.137. The van der Waals surface area contributed by atoms with E-state index in [-0.39, 0.29) is 17.6 Å². The molecule has 3 heterocycles. The lowest BCUT2D eigenvalue weighted by atomic mass is 10.1. The average Bonchev–Trinajstić information content (AvgIpc) is 3.33. The number of carbonyl (C=O) groups is 2. The van der Waals surface area contributed by atoms with E-state index >= 15 is 0 Å². The summed E-state index contributed by atoms with van der Waals surface area (Å²) in [6.45, 7) is 5.37. The summed E-state index contributed by atoms with van der Waals surface area (Å²) in [7, 11) is 0. The van der Waals surface area contributed by atoms with Gasteiger partial charge in [-0.15, -0.1) is 11.3 Å². The number of benzene rings is 1. The second-order valence-electron chi connectivity index (χ2n) is 8.19. The first-order valence-corrected chi connectivity index (χ1v) is 12.8. The van der Waals surface area contributed by atoms with Gasteiger partial charge < -0.3 is 21.3 Å². The molecule has 2 amide bonds. The molecule has 1 aliphatic rings. The number of halogens is 4. The summed E-state index contributed by atoms with van der Waals surface area (Å²) in [6, 6.07) is 7.83. The fraction of sp³-hybridized carbons (Fsp3) is 0.280. The Morgan fingerprint density at radius 2 is 1.82 bits per heavy atom. The number of anilines is 3. The predicted molar refractivity (Wildman–Crippen MR) is 143 cm³/mol. The number of pyridine rings is 1. The second-order valence-corrected chi connectivity index (χ2v) is 9.74. The Kier molecular flexibility index (Phi) is 10.1. The Balaban J connectivity index is 0.000000211. The molecule has 1 fully saturated rings. The summed E-state index contributed by atoms with van der Waals surface area (Å²) in [5.74, 6) is -0.0971. The molecular formula is C25H26ClF3N6O2S. The smallest absolute Gasteiger partial charge is 0.375 e. The standard InChI is InChI=1S/C15H18N2O2.C10H8ClF3N4S/c1-2-14(18)16-13-8-6-12(7-9-13)15(19)17-10-4-3-5-11-17;11-7-4-17-8(1-6(7)10(12,13)14)16-2-5-3-18-9(15)19-5/h2,6-9H,1,3-5,10-11H2,(H,16,18);1,3-4H,2H2,(H2,15,18)(H,16,17). The van der Waals surface area contributed by atoms with Gasteiger partial charge in [0.15, 0.2) is 5.13 Å². The van der Waals surface area contributed by atoms with Crippen molar-refractivity contribution in [3.63, 3.8) is 0 Å². The summed E-state index contributed by atoms with van der Waals surface area (Å²) in [6.07, 6.45) is 2.59. The number of nitrogens with two attached hydrogens (primary N) is 1. The van der Waals surface area contributed by atoms with Crippen LogP contribution in [-0.4, -0.2) is 39.8 Å². The monoisotopic (exact) mass is 566 g/mol. The number of rotatable bonds is 6. The van der Waals surface area contributed by atoms with E-state index in [1.165, 1.54) is 23.8 Å². The lowest BCUT2D eigenvalue weighted by Gasteiger charge is -2.26. The zero-order valence-electron chi connectivity index (χ0n) is 20.2. The van der Waals surface area contributed by atoms with Crippen molar-refractivity contribution in [1.29, 1.82) is 0 Å². The summed E-state index contributed by atoms with van der Waals surface area (Å²) in [4.78, 5) is 33.7. The van der Waals surface area contributed by atoms with Crippen molar-refractivity contribution in [2.24, 2.45) is 0 Å².